The fraction of sp³-hybridized carbons (Fsp3) is 0.550. The van der Waals surface area contributed by atoms with Crippen LogP contribution in [0.2, 0.25) is 0 Å². The van der Waals surface area contributed by atoms with Gasteiger partial charge in [0.05, 0.1) is 0 Å². The zero-order valence-electron chi connectivity index (χ0n) is 14.3. The van der Waals surface area contributed by atoms with Gasteiger partial charge in [-0.1, -0.05) is 54.9 Å². The fourth-order valence-corrected chi connectivity index (χ4v) is 3.03. The predicted molar refractivity (Wildman–Crippen MR) is 92.2 cm³/mol. The molecule has 0 saturated carbocycles. The van der Waals surface area contributed by atoms with Crippen LogP contribution in [0.25, 0.3) is 0 Å². The van der Waals surface area contributed by atoms with Crippen LogP contribution in [-0.4, -0.2) is 6.29 Å². The quantitative estimate of drug-likeness (QED) is 0.261. The molecule has 0 radical (unpaired) electrons. The van der Waals surface area contributed by atoms with E-state index in [1.54, 1.807) is 6.08 Å². The van der Waals surface area contributed by atoms with Gasteiger partial charge in [-0.3, -0.25) is 4.79 Å². The summed E-state index contributed by atoms with van der Waals surface area (Å²) >= 11 is 0. The van der Waals surface area contributed by atoms with Crippen molar-refractivity contribution in [3.63, 3.8) is 0 Å². The lowest BCUT2D eigenvalue weighted by Crippen LogP contribution is -2.26. The SMILES string of the molecule is CC(C=CC1C(C)=CCCC1(C)C)=CCCC(C)=CC=O. The van der Waals surface area contributed by atoms with Gasteiger partial charge in [0.1, 0.15) is 6.29 Å². The van der Waals surface area contributed by atoms with Crippen molar-refractivity contribution >= 4 is 6.29 Å². The Morgan fingerprint density at radius 2 is 2.10 bits per heavy atom. The molecule has 1 atom stereocenters. The molecule has 0 N–H and O–H groups in total. The number of allylic oxidation sites excluding steroid dienone is 8. The highest BCUT2D eigenvalue weighted by Gasteiger charge is 2.30. The van der Waals surface area contributed by atoms with Gasteiger partial charge in [0.15, 0.2) is 0 Å². The lowest BCUT2D eigenvalue weighted by atomic mass is 9.68. The van der Waals surface area contributed by atoms with E-state index in [0.29, 0.717) is 11.3 Å². The first-order valence-electron chi connectivity index (χ1n) is 7.99. The molecule has 1 nitrogen and oxygen atoms in total. The third kappa shape index (κ3) is 5.87. The minimum absolute atomic E-state index is 0.360. The van der Waals surface area contributed by atoms with Crippen LogP contribution >= 0.6 is 0 Å². The van der Waals surface area contributed by atoms with E-state index in [9.17, 15) is 4.79 Å². The van der Waals surface area contributed by atoms with Gasteiger partial charge in [-0.05, 0) is 57.9 Å². The van der Waals surface area contributed by atoms with E-state index in [0.717, 1.165) is 24.7 Å². The molecule has 116 valence electrons. The van der Waals surface area contributed by atoms with Crippen LogP contribution in [0.4, 0.5) is 0 Å². The average Bonchev–Trinajstić information content (AvgIpc) is 2.37. The van der Waals surface area contributed by atoms with Gasteiger partial charge in [-0.25, -0.2) is 0 Å². The summed E-state index contributed by atoms with van der Waals surface area (Å²) in [6.07, 6.45) is 16.2. The van der Waals surface area contributed by atoms with E-state index in [4.69, 9.17) is 0 Å². The van der Waals surface area contributed by atoms with Gasteiger partial charge in [0.2, 0.25) is 0 Å². The minimum atomic E-state index is 0.360. The highest BCUT2D eigenvalue weighted by Crippen LogP contribution is 2.41. The molecule has 0 aromatic rings. The summed E-state index contributed by atoms with van der Waals surface area (Å²) in [6.45, 7) is 11.1. The maximum Gasteiger partial charge on any atom is 0.142 e. The number of aldehydes is 1. The molecule has 0 bridgehead atoms. The van der Waals surface area contributed by atoms with Crippen LogP contribution in [0.3, 0.4) is 0 Å². The molecule has 0 saturated heterocycles. The lowest BCUT2D eigenvalue weighted by molar-refractivity contribution is -0.104. The van der Waals surface area contributed by atoms with Crippen molar-refractivity contribution in [2.75, 3.05) is 0 Å². The van der Waals surface area contributed by atoms with E-state index in [2.05, 4.69) is 52.0 Å². The summed E-state index contributed by atoms with van der Waals surface area (Å²) in [5.41, 5.74) is 4.31. The molecule has 0 aliphatic heterocycles. The molecule has 1 aliphatic carbocycles. The molecule has 0 heterocycles. The van der Waals surface area contributed by atoms with Gasteiger partial charge >= 0.3 is 0 Å². The van der Waals surface area contributed by atoms with E-state index >= 15 is 0 Å². The number of carbonyl (C=O) groups is 1. The molecule has 0 aromatic heterocycles. The lowest BCUT2D eigenvalue weighted by Gasteiger charge is -2.36. The molecule has 1 rings (SSSR count). The summed E-state index contributed by atoms with van der Waals surface area (Å²) in [4.78, 5) is 10.4. The number of hydrogen-bond donors (Lipinski definition) is 0. The van der Waals surface area contributed by atoms with Gasteiger partial charge < -0.3 is 0 Å². The van der Waals surface area contributed by atoms with Gasteiger partial charge in [-0.2, -0.15) is 0 Å². The maximum atomic E-state index is 10.4. The standard InChI is InChI=1S/C20H30O/c1-16(8-6-9-17(2)13-15-21)11-12-19-18(3)10-7-14-20(19,4)5/h8,10-13,15,19H,6-7,9,14H2,1-5H3. The third-order valence-corrected chi connectivity index (χ3v) is 4.50. The molecular formula is C20H30O. The van der Waals surface area contributed by atoms with Crippen molar-refractivity contribution in [3.05, 3.63) is 47.1 Å². The molecule has 1 heteroatoms. The average molecular weight is 286 g/mol. The highest BCUT2D eigenvalue weighted by atomic mass is 16.1. The van der Waals surface area contributed by atoms with Crippen molar-refractivity contribution in [3.8, 4) is 0 Å². The zero-order valence-corrected chi connectivity index (χ0v) is 14.3. The summed E-state index contributed by atoms with van der Waals surface area (Å²) in [6, 6.07) is 0. The van der Waals surface area contributed by atoms with Crippen molar-refractivity contribution in [2.45, 2.75) is 60.3 Å². The Bertz CT molecular complexity index is 472. The smallest absolute Gasteiger partial charge is 0.142 e. The number of carbonyl (C=O) groups excluding carboxylic acids is 1. The number of rotatable bonds is 6. The molecule has 21 heavy (non-hydrogen) atoms. The molecule has 1 unspecified atom stereocenters. The molecule has 0 amide bonds. The Labute approximate surface area is 130 Å². The fourth-order valence-electron chi connectivity index (χ4n) is 3.03. The minimum Gasteiger partial charge on any atom is -0.299 e. The van der Waals surface area contributed by atoms with Crippen LogP contribution in [0.1, 0.15) is 60.3 Å². The molecule has 1 aliphatic rings. The van der Waals surface area contributed by atoms with Crippen molar-refractivity contribution in [1.29, 1.82) is 0 Å². The van der Waals surface area contributed by atoms with Crippen LogP contribution in [-0.2, 0) is 4.79 Å². The monoisotopic (exact) mass is 286 g/mol. The summed E-state index contributed by atoms with van der Waals surface area (Å²) < 4.78 is 0. The first kappa shape index (κ1) is 17.7. The zero-order chi connectivity index (χ0) is 15.9. The molecular weight excluding hydrogens is 256 g/mol. The molecule has 0 spiro atoms. The third-order valence-electron chi connectivity index (χ3n) is 4.50. The van der Waals surface area contributed by atoms with Crippen LogP contribution in [0, 0.1) is 11.3 Å². The predicted octanol–water partition coefficient (Wildman–Crippen LogP) is 5.80. The van der Waals surface area contributed by atoms with Crippen LogP contribution in [0.5, 0.6) is 0 Å². The first-order valence-corrected chi connectivity index (χ1v) is 7.99. The molecule has 0 aromatic carbocycles. The second-order valence-corrected chi connectivity index (χ2v) is 6.95. The topological polar surface area (TPSA) is 17.1 Å². The Morgan fingerprint density at radius 3 is 2.71 bits per heavy atom. The summed E-state index contributed by atoms with van der Waals surface area (Å²) in [5.74, 6) is 0.547. The van der Waals surface area contributed by atoms with Gasteiger partial charge in [0, 0.05) is 5.92 Å². The van der Waals surface area contributed by atoms with Crippen LogP contribution in [0.15, 0.2) is 47.1 Å². The van der Waals surface area contributed by atoms with E-state index in [1.807, 2.05) is 6.92 Å². The van der Waals surface area contributed by atoms with Crippen molar-refractivity contribution < 1.29 is 4.79 Å². The first-order chi connectivity index (χ1) is 9.86. The Morgan fingerprint density at radius 1 is 1.38 bits per heavy atom. The Hall–Kier alpha value is -1.37. The Kier molecular flexibility index (Phi) is 6.87. The largest absolute Gasteiger partial charge is 0.299 e. The highest BCUT2D eigenvalue weighted by molar-refractivity contribution is 5.65. The van der Waals surface area contributed by atoms with Gasteiger partial charge in [-0.15, -0.1) is 0 Å². The van der Waals surface area contributed by atoms with Crippen molar-refractivity contribution in [1.82, 2.24) is 0 Å². The van der Waals surface area contributed by atoms with E-state index in [1.165, 1.54) is 24.0 Å². The second kappa shape index (κ2) is 8.17. The maximum absolute atomic E-state index is 10.4. The van der Waals surface area contributed by atoms with Crippen LogP contribution < -0.4 is 0 Å². The normalized spacial score (nSPS) is 23.3. The van der Waals surface area contributed by atoms with E-state index in [-0.39, 0.29) is 0 Å². The Balaban J connectivity index is 2.62. The second-order valence-electron chi connectivity index (χ2n) is 6.95. The summed E-state index contributed by atoms with van der Waals surface area (Å²) in [7, 11) is 0. The van der Waals surface area contributed by atoms with Gasteiger partial charge in [0.25, 0.3) is 0 Å². The molecule has 0 fully saturated rings. The summed E-state index contributed by atoms with van der Waals surface area (Å²) in [5, 5.41) is 0. The number of hydrogen-bond acceptors (Lipinski definition) is 1. The van der Waals surface area contributed by atoms with E-state index < -0.39 is 0 Å². The van der Waals surface area contributed by atoms with Crippen molar-refractivity contribution in [2.24, 2.45) is 11.3 Å².